The van der Waals surface area contributed by atoms with Crippen molar-refractivity contribution in [1.29, 1.82) is 0 Å². The summed E-state index contributed by atoms with van der Waals surface area (Å²) in [5.41, 5.74) is 2.35. The van der Waals surface area contributed by atoms with Crippen LogP contribution in [0.25, 0.3) is 0 Å². The molecule has 0 amide bonds. The molecule has 1 aromatic rings. The summed E-state index contributed by atoms with van der Waals surface area (Å²) in [5, 5.41) is 0. The van der Waals surface area contributed by atoms with Crippen LogP contribution in [0.4, 0.5) is 0 Å². The predicted octanol–water partition coefficient (Wildman–Crippen LogP) is 2.03. The highest BCUT2D eigenvalue weighted by Crippen LogP contribution is 2.25. The van der Waals surface area contributed by atoms with E-state index in [-0.39, 0.29) is 0 Å². The number of benzene rings is 1. The lowest BCUT2D eigenvalue weighted by molar-refractivity contribution is 0.194. The van der Waals surface area contributed by atoms with Gasteiger partial charge in [0.1, 0.15) is 0 Å². The lowest BCUT2D eigenvalue weighted by Gasteiger charge is -2.07. The zero-order chi connectivity index (χ0) is 10.5. The largest absolute Gasteiger partial charge is 0.381 e. The second-order valence-corrected chi connectivity index (χ2v) is 3.71. The lowest BCUT2D eigenvalue weighted by Crippen LogP contribution is -1.97. The second-order valence-electron chi connectivity index (χ2n) is 3.71. The number of rotatable bonds is 3. The van der Waals surface area contributed by atoms with Gasteiger partial charge in [-0.2, -0.15) is 0 Å². The maximum atomic E-state index is 9.95. The molecular formula is C12H13NO2. The quantitative estimate of drug-likeness (QED) is 0.557. The van der Waals surface area contributed by atoms with Gasteiger partial charge in [0, 0.05) is 12.5 Å². The molecule has 1 saturated heterocycles. The summed E-state index contributed by atoms with van der Waals surface area (Å²) >= 11 is 0. The number of aliphatic imine (C=N–C) groups is 1. The van der Waals surface area contributed by atoms with E-state index in [2.05, 4.69) is 17.1 Å². The first-order chi connectivity index (χ1) is 7.40. The minimum Gasteiger partial charge on any atom is -0.381 e. The average Bonchev–Trinajstić information content (AvgIpc) is 2.80. The van der Waals surface area contributed by atoms with Crippen molar-refractivity contribution in [3.05, 3.63) is 35.4 Å². The zero-order valence-corrected chi connectivity index (χ0v) is 8.48. The van der Waals surface area contributed by atoms with Gasteiger partial charge in [-0.25, -0.2) is 9.79 Å². The topological polar surface area (TPSA) is 38.7 Å². The fraction of sp³-hybridized carbons (Fsp3) is 0.417. The molecule has 15 heavy (non-hydrogen) atoms. The zero-order valence-electron chi connectivity index (χ0n) is 8.48. The van der Waals surface area contributed by atoms with Crippen molar-refractivity contribution in [2.75, 3.05) is 13.2 Å². The molecule has 1 aromatic carbocycles. The summed E-state index contributed by atoms with van der Waals surface area (Å²) in [7, 11) is 0. The highest BCUT2D eigenvalue weighted by Gasteiger charge is 2.16. The molecule has 1 aliphatic rings. The molecule has 0 saturated carbocycles. The maximum absolute atomic E-state index is 9.95. The van der Waals surface area contributed by atoms with Crippen LogP contribution in [-0.2, 0) is 16.1 Å². The van der Waals surface area contributed by atoms with Crippen LogP contribution in [-0.4, -0.2) is 19.3 Å². The summed E-state index contributed by atoms with van der Waals surface area (Å²) in [4.78, 5) is 13.5. The molecule has 2 rings (SSSR count). The first kappa shape index (κ1) is 10.1. The van der Waals surface area contributed by atoms with E-state index in [1.807, 2.05) is 12.1 Å². The number of nitrogens with zero attached hydrogens (tertiary/aromatic N) is 1. The van der Waals surface area contributed by atoms with Crippen molar-refractivity contribution in [2.45, 2.75) is 18.9 Å². The van der Waals surface area contributed by atoms with Crippen LogP contribution in [0.15, 0.2) is 29.3 Å². The highest BCUT2D eigenvalue weighted by atomic mass is 16.5. The van der Waals surface area contributed by atoms with Crippen LogP contribution >= 0.6 is 0 Å². The Labute approximate surface area is 88.8 Å². The van der Waals surface area contributed by atoms with Crippen LogP contribution in [0.5, 0.6) is 0 Å². The van der Waals surface area contributed by atoms with Crippen LogP contribution in [0, 0.1) is 0 Å². The third kappa shape index (κ3) is 2.52. The highest BCUT2D eigenvalue weighted by molar-refractivity contribution is 5.34. The van der Waals surface area contributed by atoms with E-state index in [0.717, 1.165) is 25.2 Å². The number of hydrogen-bond donors (Lipinski definition) is 0. The normalized spacial score (nSPS) is 19.9. The molecule has 0 N–H and O–H groups in total. The van der Waals surface area contributed by atoms with Crippen molar-refractivity contribution in [3.63, 3.8) is 0 Å². The molecule has 3 nitrogen and oxygen atoms in total. The lowest BCUT2D eigenvalue weighted by atomic mass is 9.97. The van der Waals surface area contributed by atoms with Crippen LogP contribution in [0.3, 0.4) is 0 Å². The molecule has 1 unspecified atom stereocenters. The first-order valence-corrected chi connectivity index (χ1v) is 5.10. The number of carbonyl (C=O) groups excluding carboxylic acids is 1. The summed E-state index contributed by atoms with van der Waals surface area (Å²) in [6.07, 6.45) is 2.64. The van der Waals surface area contributed by atoms with Crippen molar-refractivity contribution < 1.29 is 9.53 Å². The van der Waals surface area contributed by atoms with Crippen LogP contribution in [0.1, 0.15) is 23.5 Å². The van der Waals surface area contributed by atoms with Crippen molar-refractivity contribution in [3.8, 4) is 0 Å². The Morgan fingerprint density at radius 1 is 1.40 bits per heavy atom. The minimum absolute atomic E-state index is 0.422. The minimum atomic E-state index is 0.422. The Balaban J connectivity index is 2.05. The molecule has 0 aliphatic carbocycles. The third-order valence-electron chi connectivity index (χ3n) is 2.71. The first-order valence-electron chi connectivity index (χ1n) is 5.10. The summed E-state index contributed by atoms with van der Waals surface area (Å²) in [6.45, 7) is 2.11. The van der Waals surface area contributed by atoms with Crippen LogP contribution in [0.2, 0.25) is 0 Å². The summed E-state index contributed by atoms with van der Waals surface area (Å²) in [6, 6.07) is 8.20. The van der Waals surface area contributed by atoms with Gasteiger partial charge in [-0.3, -0.25) is 0 Å². The van der Waals surface area contributed by atoms with Crippen LogP contribution < -0.4 is 0 Å². The van der Waals surface area contributed by atoms with E-state index in [0.29, 0.717) is 12.5 Å². The van der Waals surface area contributed by atoms with Gasteiger partial charge in [0.2, 0.25) is 6.08 Å². The molecular weight excluding hydrogens is 190 g/mol. The fourth-order valence-electron chi connectivity index (χ4n) is 1.82. The average molecular weight is 203 g/mol. The van der Waals surface area contributed by atoms with E-state index in [1.165, 1.54) is 5.56 Å². The second kappa shape index (κ2) is 4.87. The van der Waals surface area contributed by atoms with Gasteiger partial charge in [-0.1, -0.05) is 24.3 Å². The summed E-state index contributed by atoms with van der Waals surface area (Å²) < 4.78 is 5.34. The van der Waals surface area contributed by atoms with Crippen molar-refractivity contribution >= 4 is 6.08 Å². The fourth-order valence-corrected chi connectivity index (χ4v) is 1.82. The molecule has 1 atom stereocenters. The number of isocyanates is 1. The molecule has 3 heteroatoms. The Kier molecular flexibility index (Phi) is 3.28. The third-order valence-corrected chi connectivity index (χ3v) is 2.71. The molecule has 0 radical (unpaired) electrons. The Bertz CT molecular complexity index is 360. The van der Waals surface area contributed by atoms with E-state index < -0.39 is 0 Å². The van der Waals surface area contributed by atoms with E-state index in [4.69, 9.17) is 4.74 Å². The predicted molar refractivity (Wildman–Crippen MR) is 56.4 cm³/mol. The molecule has 1 fully saturated rings. The van der Waals surface area contributed by atoms with Gasteiger partial charge in [0.25, 0.3) is 0 Å². The molecule has 0 bridgehead atoms. The monoisotopic (exact) mass is 203 g/mol. The molecule has 1 aliphatic heterocycles. The van der Waals surface area contributed by atoms with Gasteiger partial charge in [-0.15, -0.1) is 0 Å². The van der Waals surface area contributed by atoms with Gasteiger partial charge in [0.15, 0.2) is 0 Å². The number of ether oxygens (including phenoxy) is 1. The summed E-state index contributed by atoms with van der Waals surface area (Å²) in [5.74, 6) is 0.536. The Morgan fingerprint density at radius 3 is 2.80 bits per heavy atom. The molecule has 0 aromatic heterocycles. The van der Waals surface area contributed by atoms with Gasteiger partial charge >= 0.3 is 0 Å². The molecule has 78 valence electrons. The van der Waals surface area contributed by atoms with Crippen molar-refractivity contribution in [1.82, 2.24) is 0 Å². The Morgan fingerprint density at radius 2 is 2.20 bits per heavy atom. The SMILES string of the molecule is O=C=NCc1ccc(C2CCOC2)cc1. The van der Waals surface area contributed by atoms with E-state index in [9.17, 15) is 4.79 Å². The molecule has 1 heterocycles. The van der Waals surface area contributed by atoms with E-state index >= 15 is 0 Å². The van der Waals surface area contributed by atoms with Crippen molar-refractivity contribution in [2.24, 2.45) is 4.99 Å². The van der Waals surface area contributed by atoms with Gasteiger partial charge in [0.05, 0.1) is 13.2 Å². The molecule has 0 spiro atoms. The number of hydrogen-bond acceptors (Lipinski definition) is 3. The van der Waals surface area contributed by atoms with Gasteiger partial charge < -0.3 is 4.74 Å². The van der Waals surface area contributed by atoms with Gasteiger partial charge in [-0.05, 0) is 17.5 Å². The van der Waals surface area contributed by atoms with E-state index in [1.54, 1.807) is 6.08 Å². The maximum Gasteiger partial charge on any atom is 0.235 e. The smallest absolute Gasteiger partial charge is 0.235 e. The standard InChI is InChI=1S/C12H13NO2/c14-9-13-7-10-1-3-11(4-2-10)12-5-6-15-8-12/h1-4,12H,5-8H2. The Hall–Kier alpha value is -1.44.